The van der Waals surface area contributed by atoms with E-state index in [1.54, 1.807) is 12.1 Å². The lowest BCUT2D eigenvalue weighted by atomic mass is 9.80. The van der Waals surface area contributed by atoms with E-state index in [0.29, 0.717) is 17.1 Å². The number of halogens is 1. The molecule has 0 amide bonds. The summed E-state index contributed by atoms with van der Waals surface area (Å²) in [4.78, 5) is 0. The summed E-state index contributed by atoms with van der Waals surface area (Å²) in [5, 5.41) is 5.42. The van der Waals surface area contributed by atoms with Crippen molar-refractivity contribution in [1.82, 2.24) is 5.16 Å². The number of nitrogens with zero attached hydrogens (tertiary/aromatic N) is 1. The molecule has 1 aromatic heterocycles. The minimum absolute atomic E-state index is 0.168. The summed E-state index contributed by atoms with van der Waals surface area (Å²) < 4.78 is 18.8. The van der Waals surface area contributed by atoms with Crippen molar-refractivity contribution >= 4 is 11.8 Å². The zero-order valence-electron chi connectivity index (χ0n) is 12.0. The highest BCUT2D eigenvalue weighted by Crippen LogP contribution is 2.56. The van der Waals surface area contributed by atoms with Crippen LogP contribution in [-0.2, 0) is 0 Å². The Kier molecular flexibility index (Phi) is 3.29. The molecule has 2 bridgehead atoms. The van der Waals surface area contributed by atoms with Crippen molar-refractivity contribution in [3.05, 3.63) is 53.2 Å². The molecule has 2 nitrogen and oxygen atoms in total. The molecule has 0 spiro atoms. The van der Waals surface area contributed by atoms with Gasteiger partial charge in [-0.2, -0.15) is 11.8 Å². The average molecular weight is 303 g/mol. The number of rotatable bonds is 2. The lowest BCUT2D eigenvalue weighted by molar-refractivity contribution is 0.331. The lowest BCUT2D eigenvalue weighted by Crippen LogP contribution is -2.26. The van der Waals surface area contributed by atoms with Crippen molar-refractivity contribution in [3.8, 4) is 0 Å². The quantitative estimate of drug-likeness (QED) is 0.807. The fraction of sp³-hybridized carbons (Fsp3) is 0.471. The average Bonchev–Trinajstić information content (AvgIpc) is 3.07. The first-order valence-electron chi connectivity index (χ1n) is 7.55. The standard InChI is InChI=1S/C17H18FNOS/c1-10-8-15(20-19-10)17-14(9-13-6-7-16(17)21-13)11-2-4-12(18)5-3-11/h2-5,8,13-14,16-17H,6-7,9H2,1H3/t13-,14+,16+,17+/m0/s1. The van der Waals surface area contributed by atoms with E-state index in [9.17, 15) is 4.39 Å². The molecule has 4 heteroatoms. The van der Waals surface area contributed by atoms with Gasteiger partial charge < -0.3 is 4.52 Å². The third-order valence-corrected chi connectivity index (χ3v) is 6.46. The summed E-state index contributed by atoms with van der Waals surface area (Å²) in [6, 6.07) is 9.08. The summed E-state index contributed by atoms with van der Waals surface area (Å²) in [5.74, 6) is 1.61. The molecular weight excluding hydrogens is 285 g/mol. The molecule has 2 aromatic rings. The smallest absolute Gasteiger partial charge is 0.141 e. The number of aryl methyl sites for hydroxylation is 1. The molecule has 4 atom stereocenters. The van der Waals surface area contributed by atoms with Gasteiger partial charge in [-0.3, -0.25) is 0 Å². The van der Waals surface area contributed by atoms with Gasteiger partial charge in [0.15, 0.2) is 0 Å². The van der Waals surface area contributed by atoms with Crippen molar-refractivity contribution < 1.29 is 8.91 Å². The van der Waals surface area contributed by atoms with E-state index in [1.807, 2.05) is 19.1 Å². The van der Waals surface area contributed by atoms with Crippen molar-refractivity contribution in [2.45, 2.75) is 48.5 Å². The number of benzene rings is 1. The summed E-state index contributed by atoms with van der Waals surface area (Å²) in [7, 11) is 0. The number of hydrogen-bond acceptors (Lipinski definition) is 3. The van der Waals surface area contributed by atoms with Crippen LogP contribution in [0.3, 0.4) is 0 Å². The van der Waals surface area contributed by atoms with Crippen LogP contribution in [0.15, 0.2) is 34.9 Å². The number of thioether (sulfide) groups is 1. The lowest BCUT2D eigenvalue weighted by Gasteiger charge is -2.35. The van der Waals surface area contributed by atoms with Crippen LogP contribution < -0.4 is 0 Å². The van der Waals surface area contributed by atoms with Crippen LogP contribution >= 0.6 is 11.8 Å². The normalized spacial score (nSPS) is 31.5. The van der Waals surface area contributed by atoms with Gasteiger partial charge in [0.1, 0.15) is 11.6 Å². The van der Waals surface area contributed by atoms with E-state index in [2.05, 4.69) is 23.0 Å². The van der Waals surface area contributed by atoms with Crippen molar-refractivity contribution in [2.75, 3.05) is 0 Å². The fourth-order valence-electron chi connectivity index (χ4n) is 3.84. The molecule has 0 radical (unpaired) electrons. The van der Waals surface area contributed by atoms with Crippen LogP contribution in [-0.4, -0.2) is 15.7 Å². The Morgan fingerprint density at radius 3 is 2.76 bits per heavy atom. The Morgan fingerprint density at radius 1 is 1.24 bits per heavy atom. The Morgan fingerprint density at radius 2 is 2.05 bits per heavy atom. The van der Waals surface area contributed by atoms with Gasteiger partial charge in [-0.15, -0.1) is 0 Å². The first kappa shape index (κ1) is 13.4. The van der Waals surface area contributed by atoms with Crippen LogP contribution in [0.2, 0.25) is 0 Å². The second-order valence-electron chi connectivity index (χ2n) is 6.16. The maximum Gasteiger partial charge on any atom is 0.141 e. The Hall–Kier alpha value is -1.29. The molecule has 1 aromatic carbocycles. The van der Waals surface area contributed by atoms with Gasteiger partial charge in [-0.1, -0.05) is 17.3 Å². The molecule has 2 aliphatic heterocycles. The highest BCUT2D eigenvalue weighted by Gasteiger charge is 2.45. The minimum Gasteiger partial charge on any atom is -0.361 e. The minimum atomic E-state index is -0.168. The number of fused-ring (bicyclic) bond motifs is 2. The van der Waals surface area contributed by atoms with Gasteiger partial charge in [0.2, 0.25) is 0 Å². The molecule has 21 heavy (non-hydrogen) atoms. The summed E-state index contributed by atoms with van der Waals surface area (Å²) >= 11 is 2.10. The van der Waals surface area contributed by atoms with E-state index in [1.165, 1.54) is 18.4 Å². The first-order valence-corrected chi connectivity index (χ1v) is 8.49. The SMILES string of the molecule is Cc1cc([C@H]2[C@@H](c3ccc(F)cc3)C[C@@H]3CC[C@H]2S3)on1. The first-order chi connectivity index (χ1) is 10.2. The predicted molar refractivity (Wildman–Crippen MR) is 82.1 cm³/mol. The van der Waals surface area contributed by atoms with E-state index in [4.69, 9.17) is 4.52 Å². The maximum absolute atomic E-state index is 13.2. The summed E-state index contributed by atoms with van der Waals surface area (Å²) in [6.45, 7) is 1.97. The van der Waals surface area contributed by atoms with Gasteiger partial charge in [-0.05, 0) is 49.8 Å². The monoisotopic (exact) mass is 303 g/mol. The van der Waals surface area contributed by atoms with Crippen LogP contribution in [0.25, 0.3) is 0 Å². The zero-order valence-corrected chi connectivity index (χ0v) is 12.8. The molecule has 2 aliphatic rings. The largest absolute Gasteiger partial charge is 0.361 e. The second-order valence-corrected chi connectivity index (χ2v) is 7.71. The van der Waals surface area contributed by atoms with Crippen molar-refractivity contribution in [3.63, 3.8) is 0 Å². The maximum atomic E-state index is 13.2. The number of hydrogen-bond donors (Lipinski definition) is 0. The number of aromatic nitrogens is 1. The highest BCUT2D eigenvalue weighted by atomic mass is 32.2. The van der Waals surface area contributed by atoms with Gasteiger partial charge in [0.25, 0.3) is 0 Å². The van der Waals surface area contributed by atoms with Crippen LogP contribution in [0, 0.1) is 12.7 Å². The van der Waals surface area contributed by atoms with Crippen LogP contribution in [0.4, 0.5) is 4.39 Å². The van der Waals surface area contributed by atoms with Gasteiger partial charge >= 0.3 is 0 Å². The van der Waals surface area contributed by atoms with Gasteiger partial charge in [0, 0.05) is 22.5 Å². The van der Waals surface area contributed by atoms with Gasteiger partial charge in [0.05, 0.1) is 5.69 Å². The predicted octanol–water partition coefficient (Wildman–Crippen LogP) is 4.66. The Labute approximate surface area is 128 Å². The molecule has 0 N–H and O–H groups in total. The molecular formula is C17H18FNOS. The summed E-state index contributed by atoms with van der Waals surface area (Å²) in [5.41, 5.74) is 2.17. The van der Waals surface area contributed by atoms with E-state index >= 15 is 0 Å². The van der Waals surface area contributed by atoms with E-state index in [-0.39, 0.29) is 5.82 Å². The molecule has 0 aliphatic carbocycles. The Bertz CT molecular complexity index is 638. The topological polar surface area (TPSA) is 26.0 Å². The third kappa shape index (κ3) is 2.39. The molecule has 3 heterocycles. The molecule has 0 saturated carbocycles. The van der Waals surface area contributed by atoms with Gasteiger partial charge in [-0.25, -0.2) is 4.39 Å². The molecule has 110 valence electrons. The molecule has 4 rings (SSSR count). The highest BCUT2D eigenvalue weighted by molar-refractivity contribution is 8.00. The second kappa shape index (κ2) is 5.16. The molecule has 2 fully saturated rings. The van der Waals surface area contributed by atoms with E-state index < -0.39 is 0 Å². The zero-order chi connectivity index (χ0) is 14.4. The van der Waals surface area contributed by atoms with Crippen LogP contribution in [0.1, 0.15) is 48.1 Å². The molecule has 2 saturated heterocycles. The third-order valence-electron chi connectivity index (χ3n) is 4.76. The van der Waals surface area contributed by atoms with Crippen molar-refractivity contribution in [1.29, 1.82) is 0 Å². The van der Waals surface area contributed by atoms with Crippen LogP contribution in [0.5, 0.6) is 0 Å². The van der Waals surface area contributed by atoms with E-state index in [0.717, 1.165) is 23.1 Å². The Balaban J connectivity index is 1.73. The fourth-order valence-corrected chi connectivity index (χ4v) is 5.69. The summed E-state index contributed by atoms with van der Waals surface area (Å²) in [6.07, 6.45) is 3.69. The molecule has 0 unspecified atom stereocenters. The van der Waals surface area contributed by atoms with Crippen molar-refractivity contribution in [2.24, 2.45) is 0 Å².